The number of alkyl halides is 3. The molecule has 2 aliphatic heterocycles. The van der Waals surface area contributed by atoms with Crippen LogP contribution < -0.4 is 0 Å². The number of carboxylic acids is 1. The Balaban J connectivity index is 0.000000318. The Morgan fingerprint density at radius 2 is 2.07 bits per heavy atom. The Bertz CT molecular complexity index is 829. The predicted octanol–water partition coefficient (Wildman–Crippen LogP) is 2.34. The van der Waals surface area contributed by atoms with Gasteiger partial charge in [-0.05, 0) is 22.4 Å². The van der Waals surface area contributed by atoms with Crippen LogP contribution in [0.15, 0.2) is 33.9 Å². The topological polar surface area (TPSA) is 96.1 Å². The number of carbonyl (C=O) groups is 2. The molecule has 0 saturated carbocycles. The van der Waals surface area contributed by atoms with Gasteiger partial charge in [-0.15, -0.1) is 0 Å². The fourth-order valence-electron chi connectivity index (χ4n) is 3.39. The van der Waals surface area contributed by atoms with Gasteiger partial charge in [-0.2, -0.15) is 24.5 Å². The molecule has 2 aromatic rings. The zero-order valence-corrected chi connectivity index (χ0v) is 16.6. The number of ether oxygens (including phenoxy) is 1. The summed E-state index contributed by atoms with van der Waals surface area (Å²) in [7, 11) is 0. The molecule has 2 fully saturated rings. The number of nitrogens with zero attached hydrogens (tertiary/aromatic N) is 3. The van der Waals surface area contributed by atoms with E-state index in [9.17, 15) is 18.0 Å². The number of thiophene rings is 1. The molecule has 2 atom stereocenters. The molecule has 164 valence electrons. The lowest BCUT2D eigenvalue weighted by Crippen LogP contribution is -2.33. The summed E-state index contributed by atoms with van der Waals surface area (Å²) in [6, 6.07) is 2.17. The highest BCUT2D eigenvalue weighted by molar-refractivity contribution is 7.07. The van der Waals surface area contributed by atoms with Crippen LogP contribution in [0.4, 0.5) is 13.2 Å². The van der Waals surface area contributed by atoms with Gasteiger partial charge in [0.2, 0.25) is 0 Å². The monoisotopic (exact) mass is 447 g/mol. The van der Waals surface area contributed by atoms with Crippen molar-refractivity contribution < 1.29 is 37.0 Å². The smallest absolute Gasteiger partial charge is 0.475 e. The van der Waals surface area contributed by atoms with Crippen LogP contribution in [0.25, 0.3) is 0 Å². The highest BCUT2D eigenvalue weighted by Crippen LogP contribution is 2.25. The lowest BCUT2D eigenvalue weighted by molar-refractivity contribution is -0.192. The van der Waals surface area contributed by atoms with Crippen molar-refractivity contribution in [2.75, 3.05) is 32.8 Å². The fourth-order valence-corrected chi connectivity index (χ4v) is 4.05. The molecule has 2 saturated heterocycles. The largest absolute Gasteiger partial charge is 0.490 e. The van der Waals surface area contributed by atoms with E-state index >= 15 is 0 Å². The minimum absolute atomic E-state index is 0.0696. The quantitative estimate of drug-likeness (QED) is 0.772. The van der Waals surface area contributed by atoms with Crippen molar-refractivity contribution >= 4 is 23.2 Å². The molecule has 0 aliphatic carbocycles. The summed E-state index contributed by atoms with van der Waals surface area (Å²) in [6.07, 6.45) is -2.26. The number of hydrogen-bond donors (Lipinski definition) is 1. The summed E-state index contributed by atoms with van der Waals surface area (Å²) in [4.78, 5) is 29.5. The summed E-state index contributed by atoms with van der Waals surface area (Å²) >= 11 is 1.73. The molecule has 1 amide bonds. The SMILES string of the molecule is O=C(O)C(F)(F)F.O=C(c1cocn1)N1C[C@@H]2CN(Cc3ccsc3)CCO[C@@H]2C1. The number of amides is 1. The van der Waals surface area contributed by atoms with E-state index in [-0.39, 0.29) is 12.0 Å². The maximum Gasteiger partial charge on any atom is 0.490 e. The molecule has 1 N–H and O–H groups in total. The molecule has 8 nitrogen and oxygen atoms in total. The average Bonchev–Trinajstić information content (AvgIpc) is 3.42. The number of fused-ring (bicyclic) bond motifs is 1. The van der Waals surface area contributed by atoms with E-state index in [1.165, 1.54) is 18.2 Å². The zero-order chi connectivity index (χ0) is 21.7. The van der Waals surface area contributed by atoms with Crippen molar-refractivity contribution in [1.82, 2.24) is 14.8 Å². The third-order valence-corrected chi connectivity index (χ3v) is 5.51. The van der Waals surface area contributed by atoms with Gasteiger partial charge in [-0.1, -0.05) is 0 Å². The summed E-state index contributed by atoms with van der Waals surface area (Å²) in [5.41, 5.74) is 1.72. The Hall–Kier alpha value is -2.44. The van der Waals surface area contributed by atoms with Crippen LogP contribution >= 0.6 is 11.3 Å². The van der Waals surface area contributed by atoms with Crippen LogP contribution in [-0.4, -0.2) is 76.8 Å². The van der Waals surface area contributed by atoms with Crippen LogP contribution in [0.3, 0.4) is 0 Å². The normalized spacial score (nSPS) is 22.0. The summed E-state index contributed by atoms with van der Waals surface area (Å²) in [6.45, 7) is 4.94. The molecule has 30 heavy (non-hydrogen) atoms. The third kappa shape index (κ3) is 5.80. The highest BCUT2D eigenvalue weighted by atomic mass is 32.1. The summed E-state index contributed by atoms with van der Waals surface area (Å²) in [5, 5.41) is 11.4. The molecule has 2 aliphatic rings. The second-order valence-corrected chi connectivity index (χ2v) is 7.70. The zero-order valence-electron chi connectivity index (χ0n) is 15.7. The molecular weight excluding hydrogens is 427 g/mol. The van der Waals surface area contributed by atoms with Gasteiger partial charge >= 0.3 is 12.1 Å². The minimum Gasteiger partial charge on any atom is -0.475 e. The molecule has 2 aromatic heterocycles. The van der Waals surface area contributed by atoms with Crippen LogP contribution in [0.1, 0.15) is 16.1 Å². The van der Waals surface area contributed by atoms with Crippen molar-refractivity contribution in [1.29, 1.82) is 0 Å². The van der Waals surface area contributed by atoms with Crippen LogP contribution in [0.5, 0.6) is 0 Å². The van der Waals surface area contributed by atoms with E-state index in [2.05, 4.69) is 26.7 Å². The van der Waals surface area contributed by atoms with Gasteiger partial charge in [0.1, 0.15) is 6.26 Å². The summed E-state index contributed by atoms with van der Waals surface area (Å²) < 4.78 is 42.6. The number of hydrogen-bond acceptors (Lipinski definition) is 7. The van der Waals surface area contributed by atoms with E-state index in [4.69, 9.17) is 19.1 Å². The van der Waals surface area contributed by atoms with E-state index in [0.717, 1.165) is 32.8 Å². The molecular formula is C18H20F3N3O5S. The number of oxazole rings is 1. The fraction of sp³-hybridized carbons (Fsp3) is 0.500. The Labute approximate surface area is 173 Å². The summed E-state index contributed by atoms with van der Waals surface area (Å²) in [5.74, 6) is -2.47. The van der Waals surface area contributed by atoms with Gasteiger partial charge in [0, 0.05) is 38.6 Å². The Kier molecular flexibility index (Phi) is 7.10. The number of carboxylic acid groups (broad SMARTS) is 1. The van der Waals surface area contributed by atoms with Crippen LogP contribution in [0, 0.1) is 5.92 Å². The number of rotatable bonds is 3. The number of aliphatic carboxylic acids is 1. The maximum absolute atomic E-state index is 12.4. The van der Waals surface area contributed by atoms with Crippen molar-refractivity contribution in [2.24, 2.45) is 5.92 Å². The highest BCUT2D eigenvalue weighted by Gasteiger charge is 2.39. The van der Waals surface area contributed by atoms with Gasteiger partial charge in [-0.3, -0.25) is 9.69 Å². The molecule has 0 bridgehead atoms. The standard InChI is InChI=1S/C16H19N3O3S.C2HF3O2/c20-16(14-9-21-11-17-14)19-7-13-6-18(2-3-22-15(13)8-19)5-12-1-4-23-10-12;3-2(4,5)1(6)7/h1,4,9-11,13,15H,2-3,5-8H2;(H,6,7)/t13-,15+;/m0./s1. The number of likely N-dealkylation sites (tertiary alicyclic amines) is 1. The molecule has 0 spiro atoms. The molecule has 0 aromatic carbocycles. The van der Waals surface area contributed by atoms with E-state index in [1.807, 2.05) is 4.90 Å². The lowest BCUT2D eigenvalue weighted by atomic mass is 10.1. The van der Waals surface area contributed by atoms with Gasteiger partial charge in [0.25, 0.3) is 5.91 Å². The minimum atomic E-state index is -5.08. The first kappa shape index (κ1) is 22.2. The van der Waals surface area contributed by atoms with E-state index < -0.39 is 12.1 Å². The maximum atomic E-state index is 12.4. The van der Waals surface area contributed by atoms with Gasteiger partial charge in [0.05, 0.1) is 12.7 Å². The molecule has 4 heterocycles. The molecule has 4 rings (SSSR count). The first-order chi connectivity index (χ1) is 14.2. The second-order valence-electron chi connectivity index (χ2n) is 6.92. The van der Waals surface area contributed by atoms with Crippen molar-refractivity contribution in [3.8, 4) is 0 Å². The van der Waals surface area contributed by atoms with Crippen molar-refractivity contribution in [3.63, 3.8) is 0 Å². The molecule has 0 unspecified atom stereocenters. The lowest BCUT2D eigenvalue weighted by Gasteiger charge is -2.22. The Morgan fingerprint density at radius 1 is 1.30 bits per heavy atom. The van der Waals surface area contributed by atoms with Gasteiger partial charge in [0.15, 0.2) is 12.1 Å². The predicted molar refractivity (Wildman–Crippen MR) is 98.9 cm³/mol. The van der Waals surface area contributed by atoms with Crippen molar-refractivity contribution in [3.05, 3.63) is 40.7 Å². The van der Waals surface area contributed by atoms with Gasteiger partial charge in [-0.25, -0.2) is 9.78 Å². The Morgan fingerprint density at radius 3 is 2.67 bits per heavy atom. The third-order valence-electron chi connectivity index (χ3n) is 4.78. The first-order valence-corrected chi connectivity index (χ1v) is 10.0. The number of aromatic nitrogens is 1. The van der Waals surface area contributed by atoms with E-state index in [0.29, 0.717) is 18.2 Å². The average molecular weight is 447 g/mol. The van der Waals surface area contributed by atoms with Crippen LogP contribution in [-0.2, 0) is 16.1 Å². The second kappa shape index (κ2) is 9.58. The van der Waals surface area contributed by atoms with Crippen molar-refractivity contribution in [2.45, 2.75) is 18.8 Å². The first-order valence-electron chi connectivity index (χ1n) is 9.06. The number of halogens is 3. The number of carbonyl (C=O) groups excluding carboxylic acids is 1. The van der Waals surface area contributed by atoms with Gasteiger partial charge < -0.3 is 19.2 Å². The molecule has 0 radical (unpaired) electrons. The van der Waals surface area contributed by atoms with Crippen LogP contribution in [0.2, 0.25) is 0 Å². The van der Waals surface area contributed by atoms with E-state index in [1.54, 1.807) is 11.3 Å². The molecule has 12 heteroatoms.